The molecule has 8 heteroatoms. The van der Waals surface area contributed by atoms with Crippen molar-refractivity contribution < 1.29 is 38.2 Å². The Kier molecular flexibility index (Phi) is 34.9. The summed E-state index contributed by atoms with van der Waals surface area (Å²) >= 11 is 0. The minimum atomic E-state index is -1.14. The average molecular weight is 758 g/mol. The van der Waals surface area contributed by atoms with Gasteiger partial charge < -0.3 is 28.6 Å². The largest absolute Gasteiger partial charge is 0.544 e. The van der Waals surface area contributed by atoms with E-state index in [2.05, 4.69) is 74.6 Å². The second-order valence-electron chi connectivity index (χ2n) is 15.2. The highest BCUT2D eigenvalue weighted by Gasteiger charge is 2.25. The maximum Gasteiger partial charge on any atom is 0.306 e. The molecule has 0 radical (unpaired) electrons. The Labute approximate surface area is 330 Å². The number of nitrogens with zero attached hydrogens (tertiary/aromatic N) is 1. The molecule has 0 aliphatic rings. The van der Waals surface area contributed by atoms with Crippen LogP contribution in [0.5, 0.6) is 0 Å². The van der Waals surface area contributed by atoms with E-state index < -0.39 is 18.1 Å². The average Bonchev–Trinajstić information content (AvgIpc) is 3.12. The monoisotopic (exact) mass is 758 g/mol. The van der Waals surface area contributed by atoms with Gasteiger partial charge in [-0.2, -0.15) is 0 Å². The van der Waals surface area contributed by atoms with Gasteiger partial charge in [-0.25, -0.2) is 0 Å². The Bertz CT molecular complexity index is 1070. The van der Waals surface area contributed by atoms with Crippen LogP contribution in [0, 0.1) is 0 Å². The molecule has 0 bridgehead atoms. The number of esters is 2. The molecule has 0 saturated heterocycles. The lowest BCUT2D eigenvalue weighted by molar-refractivity contribution is -0.889. The molecule has 8 nitrogen and oxygen atoms in total. The molecule has 0 heterocycles. The lowest BCUT2D eigenvalue weighted by Crippen LogP contribution is -2.55. The second kappa shape index (κ2) is 37.0. The number of carboxylic acids is 1. The Morgan fingerprint density at radius 3 is 1.67 bits per heavy atom. The van der Waals surface area contributed by atoms with Crippen molar-refractivity contribution >= 4 is 17.9 Å². The number of likely N-dealkylation sites (N-methyl/N-ethyl adjacent to an activating group) is 1. The molecule has 0 aliphatic carbocycles. The van der Waals surface area contributed by atoms with E-state index in [1.54, 1.807) is 21.1 Å². The number of carbonyl (C=O) groups excluding carboxylic acids is 3. The van der Waals surface area contributed by atoms with Gasteiger partial charge in [0.15, 0.2) is 6.10 Å². The molecule has 0 saturated carbocycles. The Balaban J connectivity index is 4.46. The van der Waals surface area contributed by atoms with E-state index in [1.807, 2.05) is 0 Å². The zero-order valence-corrected chi connectivity index (χ0v) is 35.1. The van der Waals surface area contributed by atoms with Crippen molar-refractivity contribution in [2.75, 3.05) is 41.0 Å². The number of hydrogen-bond donors (Lipinski definition) is 0. The lowest BCUT2D eigenvalue weighted by atomic mass is 10.1. The summed E-state index contributed by atoms with van der Waals surface area (Å²) < 4.78 is 17.1. The molecule has 0 rings (SSSR count). The third-order valence-corrected chi connectivity index (χ3v) is 9.17. The maximum atomic E-state index is 12.7. The van der Waals surface area contributed by atoms with Gasteiger partial charge in [-0.1, -0.05) is 132 Å². The van der Waals surface area contributed by atoms with Crippen LogP contribution < -0.4 is 5.11 Å². The zero-order valence-electron chi connectivity index (χ0n) is 35.1. The van der Waals surface area contributed by atoms with Gasteiger partial charge >= 0.3 is 11.9 Å². The Morgan fingerprint density at radius 1 is 0.593 bits per heavy atom. The topological polar surface area (TPSA) is 102 Å². The summed E-state index contributed by atoms with van der Waals surface area (Å²) in [4.78, 5) is 36.8. The highest BCUT2D eigenvalue weighted by atomic mass is 16.6. The number of aliphatic carboxylic acids is 1. The molecular weight excluding hydrogens is 679 g/mol. The highest BCUT2D eigenvalue weighted by Crippen LogP contribution is 2.12. The highest BCUT2D eigenvalue weighted by molar-refractivity contribution is 5.70. The predicted molar refractivity (Wildman–Crippen MR) is 222 cm³/mol. The third-order valence-electron chi connectivity index (χ3n) is 9.17. The van der Waals surface area contributed by atoms with Crippen molar-refractivity contribution in [2.45, 2.75) is 174 Å². The summed E-state index contributed by atoms with van der Waals surface area (Å²) in [7, 11) is 5.38. The molecule has 0 N–H and O–H groups in total. The smallest absolute Gasteiger partial charge is 0.306 e. The van der Waals surface area contributed by atoms with Crippen LogP contribution in [0.1, 0.15) is 162 Å². The standard InChI is InChI=1S/C46H79NO7/c1-6-8-10-12-14-16-18-20-22-23-25-27-29-31-33-35-37-45(49)54-42(40-52-39-38-43(46(50)51)47(3,4)5)41-53-44(48)36-34-32-30-28-26-24-21-19-17-15-13-11-9-7-2/h9,11,15,17,21-25,27,42-43H,6-8,10,12-14,16,18-20,26,28-41H2,1-5H3/b11-9+,17-15+,23-22+,24-21+,27-25+. The van der Waals surface area contributed by atoms with Crippen LogP contribution >= 0.6 is 0 Å². The molecule has 310 valence electrons. The summed E-state index contributed by atoms with van der Waals surface area (Å²) in [5, 5.41) is 11.6. The molecule has 2 atom stereocenters. The Hall–Kier alpha value is -2.97. The molecule has 0 aromatic heterocycles. The quantitative estimate of drug-likeness (QED) is 0.0204. The minimum Gasteiger partial charge on any atom is -0.544 e. The SMILES string of the molecule is CC/C=C/C/C=C/C/C=C/CCCCCCC(=O)OCC(COCCC(C(=O)[O-])[N+](C)(C)C)OC(=O)CCCCC/C=C/C=C/CCCCCCCCC. The Morgan fingerprint density at radius 2 is 1.09 bits per heavy atom. The van der Waals surface area contributed by atoms with E-state index in [0.717, 1.165) is 77.0 Å². The van der Waals surface area contributed by atoms with Gasteiger partial charge in [0, 0.05) is 19.3 Å². The van der Waals surface area contributed by atoms with Crippen molar-refractivity contribution in [3.63, 3.8) is 0 Å². The number of carboxylic acid groups (broad SMARTS) is 1. The fraction of sp³-hybridized carbons (Fsp3) is 0.717. The normalized spacial score (nSPS) is 13.6. The van der Waals surface area contributed by atoms with Gasteiger partial charge in [0.25, 0.3) is 0 Å². The number of allylic oxidation sites excluding steroid dienone is 10. The first kappa shape index (κ1) is 51.0. The van der Waals surface area contributed by atoms with Crippen LogP contribution in [0.2, 0.25) is 0 Å². The van der Waals surface area contributed by atoms with Gasteiger partial charge in [-0.05, 0) is 70.6 Å². The number of unbranched alkanes of at least 4 members (excludes halogenated alkanes) is 14. The number of carbonyl (C=O) groups is 3. The summed E-state index contributed by atoms with van der Waals surface area (Å²) in [6.45, 7) is 4.47. The van der Waals surface area contributed by atoms with E-state index in [4.69, 9.17) is 14.2 Å². The zero-order chi connectivity index (χ0) is 40.0. The first-order valence-electron chi connectivity index (χ1n) is 21.3. The van der Waals surface area contributed by atoms with Crippen LogP contribution in [-0.4, -0.2) is 75.5 Å². The van der Waals surface area contributed by atoms with E-state index in [0.29, 0.717) is 12.8 Å². The maximum absolute atomic E-state index is 12.7. The fourth-order valence-electron chi connectivity index (χ4n) is 5.84. The molecule has 0 aromatic carbocycles. The molecule has 0 spiro atoms. The van der Waals surface area contributed by atoms with Gasteiger partial charge in [-0.3, -0.25) is 9.59 Å². The van der Waals surface area contributed by atoms with Crippen LogP contribution in [0.15, 0.2) is 60.8 Å². The number of ether oxygens (including phenoxy) is 3. The first-order valence-corrected chi connectivity index (χ1v) is 21.3. The van der Waals surface area contributed by atoms with Crippen LogP contribution in [-0.2, 0) is 28.6 Å². The van der Waals surface area contributed by atoms with Crippen molar-refractivity contribution in [2.24, 2.45) is 0 Å². The molecule has 0 aromatic rings. The lowest BCUT2D eigenvalue weighted by Gasteiger charge is -2.34. The van der Waals surface area contributed by atoms with E-state index in [1.165, 1.54) is 44.9 Å². The molecule has 0 fully saturated rings. The van der Waals surface area contributed by atoms with Crippen molar-refractivity contribution in [1.29, 1.82) is 0 Å². The molecule has 2 unspecified atom stereocenters. The van der Waals surface area contributed by atoms with Crippen molar-refractivity contribution in [1.82, 2.24) is 0 Å². The summed E-state index contributed by atoms with van der Waals surface area (Å²) in [5.41, 5.74) is 0. The van der Waals surface area contributed by atoms with Gasteiger partial charge in [-0.15, -0.1) is 0 Å². The first-order chi connectivity index (χ1) is 26.1. The van der Waals surface area contributed by atoms with Crippen LogP contribution in [0.4, 0.5) is 0 Å². The number of quaternary nitrogens is 1. The van der Waals surface area contributed by atoms with Gasteiger partial charge in [0.2, 0.25) is 0 Å². The van der Waals surface area contributed by atoms with Gasteiger partial charge in [0.05, 0.1) is 40.3 Å². The fourth-order valence-corrected chi connectivity index (χ4v) is 5.84. The minimum absolute atomic E-state index is 0.0203. The second-order valence-corrected chi connectivity index (χ2v) is 15.2. The van der Waals surface area contributed by atoms with E-state index in [-0.39, 0.29) is 49.1 Å². The van der Waals surface area contributed by atoms with Crippen LogP contribution in [0.25, 0.3) is 0 Å². The number of rotatable bonds is 37. The third kappa shape index (κ3) is 34.8. The number of hydrogen-bond acceptors (Lipinski definition) is 7. The van der Waals surface area contributed by atoms with E-state index in [9.17, 15) is 19.5 Å². The molecular formula is C46H79NO7. The summed E-state index contributed by atoms with van der Waals surface area (Å²) in [6.07, 6.45) is 43.9. The van der Waals surface area contributed by atoms with Crippen LogP contribution in [0.3, 0.4) is 0 Å². The van der Waals surface area contributed by atoms with Crippen molar-refractivity contribution in [3.05, 3.63) is 60.8 Å². The molecule has 54 heavy (non-hydrogen) atoms. The summed E-state index contributed by atoms with van der Waals surface area (Å²) in [6, 6.07) is -0.735. The van der Waals surface area contributed by atoms with Gasteiger partial charge in [0.1, 0.15) is 12.6 Å². The van der Waals surface area contributed by atoms with E-state index >= 15 is 0 Å². The molecule has 0 amide bonds. The summed E-state index contributed by atoms with van der Waals surface area (Å²) in [5.74, 6) is -1.81. The van der Waals surface area contributed by atoms with Crippen molar-refractivity contribution in [3.8, 4) is 0 Å². The molecule has 0 aliphatic heterocycles. The predicted octanol–water partition coefficient (Wildman–Crippen LogP) is 10.1.